The highest BCUT2D eigenvalue weighted by Crippen LogP contribution is 2.23. The highest BCUT2D eigenvalue weighted by molar-refractivity contribution is 6.11. The Morgan fingerprint density at radius 2 is 1.79 bits per heavy atom. The lowest BCUT2D eigenvalue weighted by molar-refractivity contribution is -0.137. The van der Waals surface area contributed by atoms with Crippen LogP contribution in [0.25, 0.3) is 38.7 Å². The number of benzene rings is 3. The summed E-state index contributed by atoms with van der Waals surface area (Å²) in [5, 5.41) is 23.3. The Hall–Kier alpha value is -3.73. The molecule has 2 N–H and O–H groups in total. The van der Waals surface area contributed by atoms with Gasteiger partial charge >= 0.3 is 5.97 Å². The third kappa shape index (κ3) is 2.83. The lowest BCUT2D eigenvalue weighted by atomic mass is 10.1. The Kier molecular flexibility index (Phi) is 4.02. The van der Waals surface area contributed by atoms with Crippen molar-refractivity contribution in [1.29, 1.82) is 5.41 Å². The molecule has 0 unspecified atom stereocenters. The second-order valence-corrected chi connectivity index (χ2v) is 7.25. The smallest absolute Gasteiger partial charge is 0.303 e. The standard InChI is InChI=1S/C24H19N3O2/c25-24-17-9-4-7-15-6-3-8-16(23(15)17)18(24)14-21-26-19-10-1-2-11-20(19)27(21)13-5-12-22(28)29/h1-4,6-11,14,25H,5,12-13H2,(H,28,29)/b18-14-,25-24?. The first kappa shape index (κ1) is 17.4. The van der Waals surface area contributed by atoms with Crippen LogP contribution in [0.1, 0.15) is 18.7 Å². The van der Waals surface area contributed by atoms with E-state index in [1.165, 1.54) is 0 Å². The molecule has 0 saturated heterocycles. The zero-order valence-electron chi connectivity index (χ0n) is 15.7. The molecule has 5 nitrogen and oxygen atoms in total. The number of fused-ring (bicyclic) bond motifs is 1. The van der Waals surface area contributed by atoms with E-state index in [4.69, 9.17) is 15.5 Å². The topological polar surface area (TPSA) is 79.0 Å². The number of aromatic nitrogens is 2. The molecule has 1 aromatic heterocycles. The highest BCUT2D eigenvalue weighted by Gasteiger charge is 2.12. The summed E-state index contributed by atoms with van der Waals surface area (Å²) in [4.78, 5) is 15.7. The number of hydrogen-bond donors (Lipinski definition) is 2. The van der Waals surface area contributed by atoms with Crippen LogP contribution in [0.2, 0.25) is 0 Å². The number of imidazole rings is 1. The number of nitrogens with one attached hydrogen (secondary N) is 1. The predicted octanol–water partition coefficient (Wildman–Crippen LogP) is 3.67. The van der Waals surface area contributed by atoms with E-state index >= 15 is 0 Å². The second kappa shape index (κ2) is 6.71. The average molecular weight is 381 g/mol. The van der Waals surface area contributed by atoms with Gasteiger partial charge in [-0.1, -0.05) is 48.5 Å². The van der Waals surface area contributed by atoms with Gasteiger partial charge in [0.25, 0.3) is 0 Å². The normalized spacial score (nSPS) is 12.5. The Morgan fingerprint density at radius 1 is 1.03 bits per heavy atom. The van der Waals surface area contributed by atoms with E-state index in [9.17, 15) is 4.79 Å². The van der Waals surface area contributed by atoms with E-state index in [1.54, 1.807) is 0 Å². The van der Waals surface area contributed by atoms with Gasteiger partial charge in [0, 0.05) is 23.6 Å². The van der Waals surface area contributed by atoms with Crippen molar-refractivity contribution >= 4 is 44.6 Å². The van der Waals surface area contributed by atoms with Gasteiger partial charge in [-0.25, -0.2) is 4.98 Å². The maximum absolute atomic E-state index is 11.0. The van der Waals surface area contributed by atoms with Gasteiger partial charge in [0.15, 0.2) is 0 Å². The van der Waals surface area contributed by atoms with Crippen molar-refractivity contribution in [3.8, 4) is 0 Å². The van der Waals surface area contributed by atoms with Crippen LogP contribution < -0.4 is 10.6 Å². The molecule has 142 valence electrons. The van der Waals surface area contributed by atoms with E-state index in [0.29, 0.717) is 18.3 Å². The fourth-order valence-corrected chi connectivity index (χ4v) is 4.16. The number of rotatable bonds is 5. The number of hydrogen-bond acceptors (Lipinski definition) is 3. The molecule has 5 aromatic rings. The number of carboxylic acids is 1. The lowest BCUT2D eigenvalue weighted by Gasteiger charge is -2.06. The first-order valence-electron chi connectivity index (χ1n) is 9.63. The molecule has 0 bridgehead atoms. The first-order valence-corrected chi connectivity index (χ1v) is 9.63. The second-order valence-electron chi connectivity index (χ2n) is 7.25. The quantitative estimate of drug-likeness (QED) is 0.487. The van der Waals surface area contributed by atoms with Crippen LogP contribution in [0.4, 0.5) is 0 Å². The summed E-state index contributed by atoms with van der Waals surface area (Å²) in [6.07, 6.45) is 2.61. The molecule has 0 fully saturated rings. The summed E-state index contributed by atoms with van der Waals surface area (Å²) in [5.74, 6) is -0.0461. The lowest BCUT2D eigenvalue weighted by Crippen LogP contribution is -2.20. The predicted molar refractivity (Wildman–Crippen MR) is 114 cm³/mol. The zero-order valence-corrected chi connectivity index (χ0v) is 15.7. The van der Waals surface area contributed by atoms with Crippen LogP contribution in [-0.4, -0.2) is 20.6 Å². The molecular weight excluding hydrogens is 362 g/mol. The maximum Gasteiger partial charge on any atom is 0.303 e. The van der Waals surface area contributed by atoms with E-state index in [-0.39, 0.29) is 6.42 Å². The molecule has 4 aromatic carbocycles. The van der Waals surface area contributed by atoms with Gasteiger partial charge in [-0.3, -0.25) is 10.2 Å². The number of carboxylic acid groups (broad SMARTS) is 1. The molecule has 0 amide bonds. The Labute approximate surface area is 166 Å². The van der Waals surface area contributed by atoms with Crippen molar-refractivity contribution in [2.45, 2.75) is 19.4 Å². The average Bonchev–Trinajstić information content (AvgIpc) is 3.20. The van der Waals surface area contributed by atoms with Gasteiger partial charge in [-0.05, 0) is 40.8 Å². The van der Waals surface area contributed by atoms with Gasteiger partial charge in [0.05, 0.1) is 16.4 Å². The Balaban J connectivity index is 1.76. The summed E-state index contributed by atoms with van der Waals surface area (Å²) in [6.45, 7) is 0.566. The summed E-state index contributed by atoms with van der Waals surface area (Å²) in [5.41, 5.74) is 1.85. The Morgan fingerprint density at radius 3 is 2.59 bits per heavy atom. The summed E-state index contributed by atoms with van der Waals surface area (Å²) in [7, 11) is 0. The first-order chi connectivity index (χ1) is 14.1. The van der Waals surface area contributed by atoms with Crippen LogP contribution in [0.5, 0.6) is 0 Å². The van der Waals surface area contributed by atoms with Gasteiger partial charge in [-0.2, -0.15) is 0 Å². The molecule has 0 aliphatic heterocycles. The molecule has 5 rings (SSSR count). The van der Waals surface area contributed by atoms with Crippen molar-refractivity contribution in [1.82, 2.24) is 9.55 Å². The van der Waals surface area contributed by atoms with Crippen molar-refractivity contribution in [2.24, 2.45) is 0 Å². The monoisotopic (exact) mass is 381 g/mol. The van der Waals surface area contributed by atoms with Gasteiger partial charge in [0.1, 0.15) is 5.82 Å². The minimum atomic E-state index is -0.797. The Bertz CT molecular complexity index is 1480. The molecule has 0 atom stereocenters. The van der Waals surface area contributed by atoms with Crippen molar-refractivity contribution < 1.29 is 9.90 Å². The van der Waals surface area contributed by atoms with Crippen LogP contribution in [0.3, 0.4) is 0 Å². The molecule has 0 aliphatic rings. The summed E-state index contributed by atoms with van der Waals surface area (Å²) >= 11 is 0. The molecule has 0 spiro atoms. The van der Waals surface area contributed by atoms with Crippen LogP contribution >= 0.6 is 0 Å². The molecule has 5 heteroatoms. The van der Waals surface area contributed by atoms with E-state index in [2.05, 4.69) is 22.8 Å². The van der Waals surface area contributed by atoms with E-state index in [1.807, 2.05) is 48.5 Å². The van der Waals surface area contributed by atoms with Crippen molar-refractivity contribution in [2.75, 3.05) is 0 Å². The third-order valence-corrected chi connectivity index (χ3v) is 5.46. The minimum Gasteiger partial charge on any atom is -0.481 e. The molecule has 0 aliphatic carbocycles. The summed E-state index contributed by atoms with van der Waals surface area (Å²) in [6, 6.07) is 20.1. The van der Waals surface area contributed by atoms with E-state index in [0.717, 1.165) is 43.6 Å². The van der Waals surface area contributed by atoms with Gasteiger partial charge < -0.3 is 9.67 Å². The number of carbonyl (C=O) groups is 1. The SMILES string of the molecule is N=c1/c(=C\c2nc3ccccc3n2CCCC(=O)O)c2cccc3cccc1c32. The number of nitrogens with zero attached hydrogens (tertiary/aromatic N) is 2. The maximum atomic E-state index is 11.0. The van der Waals surface area contributed by atoms with Crippen molar-refractivity contribution in [3.63, 3.8) is 0 Å². The van der Waals surface area contributed by atoms with Crippen LogP contribution in [0.15, 0.2) is 60.7 Å². The zero-order chi connectivity index (χ0) is 20.0. The fourth-order valence-electron chi connectivity index (χ4n) is 4.16. The number of para-hydroxylation sites is 2. The largest absolute Gasteiger partial charge is 0.481 e. The molecule has 29 heavy (non-hydrogen) atoms. The molecule has 0 saturated carbocycles. The molecule has 0 radical (unpaired) electrons. The van der Waals surface area contributed by atoms with Crippen LogP contribution in [-0.2, 0) is 11.3 Å². The van der Waals surface area contributed by atoms with E-state index < -0.39 is 5.97 Å². The van der Waals surface area contributed by atoms with Crippen molar-refractivity contribution in [3.05, 3.63) is 77.1 Å². The number of aliphatic carboxylic acids is 1. The number of aryl methyl sites for hydroxylation is 1. The third-order valence-electron chi connectivity index (χ3n) is 5.46. The molecular formula is C24H19N3O2. The summed E-state index contributed by atoms with van der Waals surface area (Å²) < 4.78 is 2.06. The highest BCUT2D eigenvalue weighted by atomic mass is 16.4. The molecule has 1 heterocycles. The minimum absolute atomic E-state index is 0.114. The van der Waals surface area contributed by atoms with Gasteiger partial charge in [-0.15, -0.1) is 0 Å². The fraction of sp³-hybridized carbons (Fsp3) is 0.125. The van der Waals surface area contributed by atoms with Crippen LogP contribution in [0, 0.1) is 5.41 Å². The van der Waals surface area contributed by atoms with Gasteiger partial charge in [0.2, 0.25) is 0 Å².